The summed E-state index contributed by atoms with van der Waals surface area (Å²) in [5, 5.41) is 6.49. The van der Waals surface area contributed by atoms with Crippen molar-refractivity contribution in [2.45, 2.75) is 45.2 Å². The second-order valence-corrected chi connectivity index (χ2v) is 9.93. The van der Waals surface area contributed by atoms with Gasteiger partial charge in [-0.15, -0.1) is 0 Å². The first-order valence-electron chi connectivity index (χ1n) is 12.3. The van der Waals surface area contributed by atoms with Crippen LogP contribution in [0.25, 0.3) is 16.7 Å². The molecule has 192 valence electrons. The lowest BCUT2D eigenvalue weighted by atomic mass is 9.85. The molecule has 3 heterocycles. The van der Waals surface area contributed by atoms with Crippen molar-refractivity contribution >= 4 is 34.4 Å². The summed E-state index contributed by atoms with van der Waals surface area (Å²) in [6.07, 6.45) is 6.46. The number of imidazole rings is 1. The lowest BCUT2D eigenvalue weighted by Crippen LogP contribution is -2.39. The predicted octanol–water partition coefficient (Wildman–Crippen LogP) is 4.71. The van der Waals surface area contributed by atoms with Gasteiger partial charge in [-0.25, -0.2) is 14.2 Å². The molecule has 1 aliphatic carbocycles. The highest BCUT2D eigenvalue weighted by Gasteiger charge is 2.26. The smallest absolute Gasteiger partial charge is 0.333 e. The Bertz CT molecular complexity index is 1510. The van der Waals surface area contributed by atoms with Crippen LogP contribution < -0.4 is 16.3 Å². The summed E-state index contributed by atoms with van der Waals surface area (Å²) in [5.41, 5.74) is 2.67. The van der Waals surface area contributed by atoms with Gasteiger partial charge in [0.2, 0.25) is 0 Å². The molecule has 1 amide bonds. The molecular weight excluding hydrogens is 495 g/mol. The van der Waals surface area contributed by atoms with Crippen LogP contribution in [-0.2, 0) is 6.54 Å². The average molecular weight is 523 g/mol. The van der Waals surface area contributed by atoms with Crippen LogP contribution >= 0.6 is 11.6 Å². The number of aromatic nitrogens is 4. The van der Waals surface area contributed by atoms with Crippen molar-refractivity contribution in [1.29, 1.82) is 0 Å². The van der Waals surface area contributed by atoms with E-state index in [1.807, 2.05) is 0 Å². The van der Waals surface area contributed by atoms with Crippen LogP contribution in [0.3, 0.4) is 0 Å². The summed E-state index contributed by atoms with van der Waals surface area (Å²) >= 11 is 6.02. The zero-order chi connectivity index (χ0) is 26.1. The Morgan fingerprint density at radius 3 is 2.57 bits per heavy atom. The average Bonchev–Trinajstić information content (AvgIpc) is 3.16. The molecule has 0 spiro atoms. The first-order chi connectivity index (χ1) is 17.8. The van der Waals surface area contributed by atoms with Gasteiger partial charge in [-0.3, -0.25) is 18.9 Å². The van der Waals surface area contributed by atoms with E-state index in [0.717, 1.165) is 25.7 Å². The van der Waals surface area contributed by atoms with Crippen molar-refractivity contribution in [1.82, 2.24) is 24.4 Å². The van der Waals surface area contributed by atoms with E-state index in [0.29, 0.717) is 45.4 Å². The van der Waals surface area contributed by atoms with Gasteiger partial charge in [0.15, 0.2) is 0 Å². The zero-order valence-electron chi connectivity index (χ0n) is 20.7. The molecule has 10 heteroatoms. The number of halogens is 2. The second-order valence-electron chi connectivity index (χ2n) is 9.49. The number of benzene rings is 1. The summed E-state index contributed by atoms with van der Waals surface area (Å²) < 4.78 is 17.4. The van der Waals surface area contributed by atoms with Crippen molar-refractivity contribution in [3.05, 3.63) is 81.4 Å². The van der Waals surface area contributed by atoms with Crippen LogP contribution in [0.2, 0.25) is 5.02 Å². The predicted molar refractivity (Wildman–Crippen MR) is 142 cm³/mol. The minimum atomic E-state index is -0.403. The molecule has 1 fully saturated rings. The lowest BCUT2D eigenvalue weighted by Gasteiger charge is -2.29. The number of anilines is 1. The Morgan fingerprint density at radius 1 is 1.08 bits per heavy atom. The maximum absolute atomic E-state index is 14.2. The molecule has 0 saturated heterocycles. The number of aryl methyl sites for hydroxylation is 1. The molecule has 0 radical (unpaired) electrons. The van der Waals surface area contributed by atoms with Crippen molar-refractivity contribution in [3.8, 4) is 5.69 Å². The van der Waals surface area contributed by atoms with Gasteiger partial charge in [-0.05, 0) is 68.9 Å². The topological polar surface area (TPSA) is 93.8 Å². The van der Waals surface area contributed by atoms with Crippen LogP contribution in [0.5, 0.6) is 0 Å². The van der Waals surface area contributed by atoms with Crippen molar-refractivity contribution in [2.24, 2.45) is 5.92 Å². The van der Waals surface area contributed by atoms with E-state index in [1.54, 1.807) is 49.0 Å². The standard InChI is InChI=1S/C27H28ClFN6O2/c1-16-22(11-18(28)13-31-16)26(36)33-20-6-3-17(4-7-20)15-34-23-9-5-19(29)12-24(23)35(27(34)37)21-8-10-25(30-2)32-14-21/h5,8-14,17,20H,3-4,6-7,15H2,1-2H3,(H,30,32)(H,33,36)/t17-,20-. The van der Waals surface area contributed by atoms with Gasteiger partial charge in [0.05, 0.1) is 39.2 Å². The molecule has 37 heavy (non-hydrogen) atoms. The Morgan fingerprint density at radius 2 is 1.86 bits per heavy atom. The molecule has 0 atom stereocenters. The molecule has 4 aromatic rings. The maximum Gasteiger partial charge on any atom is 0.333 e. The molecule has 1 aliphatic rings. The van der Waals surface area contributed by atoms with E-state index < -0.39 is 5.82 Å². The molecule has 5 rings (SSSR count). The normalized spacial score (nSPS) is 17.6. The van der Waals surface area contributed by atoms with E-state index in [4.69, 9.17) is 11.6 Å². The van der Waals surface area contributed by atoms with Gasteiger partial charge < -0.3 is 10.6 Å². The Hall–Kier alpha value is -3.72. The van der Waals surface area contributed by atoms with Crippen LogP contribution in [-0.4, -0.2) is 38.1 Å². The molecule has 3 aromatic heterocycles. The van der Waals surface area contributed by atoms with Gasteiger partial charge >= 0.3 is 5.69 Å². The number of nitrogens with zero attached hydrogens (tertiary/aromatic N) is 4. The van der Waals surface area contributed by atoms with Gasteiger partial charge in [-0.2, -0.15) is 0 Å². The molecule has 0 bridgehead atoms. The Kier molecular flexibility index (Phi) is 6.97. The zero-order valence-corrected chi connectivity index (χ0v) is 21.4. The van der Waals surface area contributed by atoms with Gasteiger partial charge in [0, 0.05) is 31.9 Å². The van der Waals surface area contributed by atoms with E-state index in [-0.39, 0.29) is 23.6 Å². The van der Waals surface area contributed by atoms with Crippen LogP contribution in [0, 0.1) is 18.7 Å². The fourth-order valence-electron chi connectivity index (χ4n) is 5.07. The van der Waals surface area contributed by atoms with Gasteiger partial charge in [0.25, 0.3) is 5.91 Å². The Labute approximate surface area is 218 Å². The van der Waals surface area contributed by atoms with Gasteiger partial charge in [-0.1, -0.05) is 11.6 Å². The summed E-state index contributed by atoms with van der Waals surface area (Å²) in [4.78, 5) is 34.8. The fraction of sp³-hybridized carbons (Fsp3) is 0.333. The number of fused-ring (bicyclic) bond motifs is 1. The molecule has 0 aliphatic heterocycles. The van der Waals surface area contributed by atoms with E-state index in [1.165, 1.54) is 22.9 Å². The third-order valence-corrected chi connectivity index (χ3v) is 7.28. The highest BCUT2D eigenvalue weighted by molar-refractivity contribution is 6.30. The molecule has 1 aromatic carbocycles. The Balaban J connectivity index is 1.33. The molecule has 8 nitrogen and oxygen atoms in total. The maximum atomic E-state index is 14.2. The van der Waals surface area contributed by atoms with Crippen LogP contribution in [0.15, 0.2) is 53.6 Å². The fourth-order valence-corrected chi connectivity index (χ4v) is 5.23. The number of carbonyl (C=O) groups excluding carboxylic acids is 1. The molecule has 0 unspecified atom stereocenters. The summed E-state index contributed by atoms with van der Waals surface area (Å²) in [6.45, 7) is 2.31. The number of hydrogen-bond donors (Lipinski definition) is 2. The van der Waals surface area contributed by atoms with Gasteiger partial charge in [0.1, 0.15) is 11.6 Å². The number of amides is 1. The van der Waals surface area contributed by atoms with Crippen molar-refractivity contribution < 1.29 is 9.18 Å². The minimum absolute atomic E-state index is 0.0473. The number of hydrogen-bond acceptors (Lipinski definition) is 5. The van der Waals surface area contributed by atoms with Crippen LogP contribution in [0.4, 0.5) is 10.2 Å². The lowest BCUT2D eigenvalue weighted by molar-refractivity contribution is 0.0919. The minimum Gasteiger partial charge on any atom is -0.373 e. The first kappa shape index (κ1) is 25.0. The molecular formula is C27H28ClFN6O2. The first-order valence-corrected chi connectivity index (χ1v) is 12.7. The number of nitrogens with one attached hydrogen (secondary N) is 2. The summed E-state index contributed by atoms with van der Waals surface area (Å²) in [5.74, 6) is 0.362. The number of pyridine rings is 2. The van der Waals surface area contributed by atoms with E-state index >= 15 is 0 Å². The van der Waals surface area contributed by atoms with Crippen molar-refractivity contribution in [3.63, 3.8) is 0 Å². The van der Waals surface area contributed by atoms with Crippen molar-refractivity contribution in [2.75, 3.05) is 12.4 Å². The second kappa shape index (κ2) is 10.3. The molecule has 1 saturated carbocycles. The highest BCUT2D eigenvalue weighted by Crippen LogP contribution is 2.28. The third kappa shape index (κ3) is 5.09. The molecule has 2 N–H and O–H groups in total. The monoisotopic (exact) mass is 522 g/mol. The number of rotatable bonds is 6. The SMILES string of the molecule is CNc1ccc(-n2c(=O)n(C[C@H]3CC[C@H](NC(=O)c4cc(Cl)cnc4C)CC3)c3ccc(F)cc32)cn1. The summed E-state index contributed by atoms with van der Waals surface area (Å²) in [6, 6.07) is 9.68. The number of carbonyl (C=O) groups is 1. The third-order valence-electron chi connectivity index (χ3n) is 7.07. The van der Waals surface area contributed by atoms with E-state index in [9.17, 15) is 14.0 Å². The van der Waals surface area contributed by atoms with E-state index in [2.05, 4.69) is 20.6 Å². The quantitative estimate of drug-likeness (QED) is 0.382. The summed E-state index contributed by atoms with van der Waals surface area (Å²) in [7, 11) is 1.77. The van der Waals surface area contributed by atoms with Crippen LogP contribution in [0.1, 0.15) is 41.7 Å². The largest absolute Gasteiger partial charge is 0.373 e. The highest BCUT2D eigenvalue weighted by atomic mass is 35.5.